The minimum absolute atomic E-state index is 0.0860. The highest BCUT2D eigenvalue weighted by atomic mass is 32.2. The Kier molecular flexibility index (Phi) is 4.34. The van der Waals surface area contributed by atoms with Crippen molar-refractivity contribution in [1.29, 1.82) is 0 Å². The van der Waals surface area contributed by atoms with E-state index in [0.29, 0.717) is 18.1 Å². The predicted molar refractivity (Wildman–Crippen MR) is 70.3 cm³/mol. The molecule has 2 N–H and O–H groups in total. The van der Waals surface area contributed by atoms with Crippen LogP contribution in [-0.4, -0.2) is 25.7 Å². The lowest BCUT2D eigenvalue weighted by molar-refractivity contribution is 0.577. The summed E-state index contributed by atoms with van der Waals surface area (Å²) in [5, 5.41) is 0. The van der Waals surface area contributed by atoms with E-state index < -0.39 is 10.0 Å². The smallest absolute Gasteiger partial charge is 0.236 e. The number of anilines is 2. The highest BCUT2D eigenvalue weighted by molar-refractivity contribution is 7.92. The van der Waals surface area contributed by atoms with Gasteiger partial charge in [-0.3, -0.25) is 4.31 Å². The molecule has 6 heteroatoms. The molecule has 0 fully saturated rings. The van der Waals surface area contributed by atoms with Crippen LogP contribution >= 0.6 is 0 Å². The molecule has 17 heavy (non-hydrogen) atoms. The standard InChI is InChI=1S/C11H19N3O2S/c1-4-14(17(15,16)8-9(2)3)11-6-5-10(12)7-13-11/h5-7,9H,4,8,12H2,1-3H3. The zero-order valence-corrected chi connectivity index (χ0v) is 11.2. The third-order valence-corrected chi connectivity index (χ3v) is 4.40. The van der Waals surface area contributed by atoms with Gasteiger partial charge in [0.05, 0.1) is 17.6 Å². The van der Waals surface area contributed by atoms with E-state index in [2.05, 4.69) is 4.98 Å². The Balaban J connectivity index is 3.03. The predicted octanol–water partition coefficient (Wildman–Crippen LogP) is 1.48. The molecule has 1 heterocycles. The molecule has 0 aliphatic rings. The number of pyridine rings is 1. The lowest BCUT2D eigenvalue weighted by Crippen LogP contribution is -2.34. The van der Waals surface area contributed by atoms with Gasteiger partial charge in [0.2, 0.25) is 10.0 Å². The lowest BCUT2D eigenvalue weighted by Gasteiger charge is -2.22. The van der Waals surface area contributed by atoms with Crippen LogP contribution in [0.3, 0.4) is 0 Å². The van der Waals surface area contributed by atoms with Crippen molar-refractivity contribution < 1.29 is 8.42 Å². The first-order valence-corrected chi connectivity index (χ1v) is 7.19. The fraction of sp³-hybridized carbons (Fsp3) is 0.545. The molecule has 0 saturated carbocycles. The van der Waals surface area contributed by atoms with Gasteiger partial charge in [0.1, 0.15) is 5.82 Å². The Bertz CT molecular complexity index is 454. The Hall–Kier alpha value is -1.30. The Morgan fingerprint density at radius 3 is 2.47 bits per heavy atom. The lowest BCUT2D eigenvalue weighted by atomic mass is 10.3. The van der Waals surface area contributed by atoms with Crippen molar-refractivity contribution in [2.45, 2.75) is 20.8 Å². The molecule has 0 aliphatic carbocycles. The van der Waals surface area contributed by atoms with E-state index >= 15 is 0 Å². The quantitative estimate of drug-likeness (QED) is 0.866. The molecule has 0 aliphatic heterocycles. The normalized spacial score (nSPS) is 11.8. The fourth-order valence-corrected chi connectivity index (χ4v) is 3.37. The van der Waals surface area contributed by atoms with Crippen LogP contribution in [0.25, 0.3) is 0 Å². The number of hydrogen-bond donors (Lipinski definition) is 1. The highest BCUT2D eigenvalue weighted by Crippen LogP contribution is 2.17. The SMILES string of the molecule is CCN(c1ccc(N)cn1)S(=O)(=O)CC(C)C. The van der Waals surface area contributed by atoms with Crippen molar-refractivity contribution in [3.63, 3.8) is 0 Å². The van der Waals surface area contributed by atoms with Crippen LogP contribution in [0.2, 0.25) is 0 Å². The second kappa shape index (κ2) is 5.35. The molecule has 1 rings (SSSR count). The third-order valence-electron chi connectivity index (χ3n) is 2.19. The summed E-state index contributed by atoms with van der Waals surface area (Å²) >= 11 is 0. The molecule has 0 bridgehead atoms. The second-order valence-electron chi connectivity index (χ2n) is 4.29. The van der Waals surface area contributed by atoms with E-state index in [9.17, 15) is 8.42 Å². The largest absolute Gasteiger partial charge is 0.397 e. The molecule has 5 nitrogen and oxygen atoms in total. The average Bonchev–Trinajstić information content (AvgIpc) is 2.19. The summed E-state index contributed by atoms with van der Waals surface area (Å²) < 4.78 is 25.5. The molecule has 1 aromatic rings. The minimum atomic E-state index is -3.31. The van der Waals surface area contributed by atoms with Gasteiger partial charge in [0.25, 0.3) is 0 Å². The number of aromatic nitrogens is 1. The van der Waals surface area contributed by atoms with E-state index in [1.165, 1.54) is 10.5 Å². The summed E-state index contributed by atoms with van der Waals surface area (Å²) in [7, 11) is -3.31. The van der Waals surface area contributed by atoms with E-state index in [-0.39, 0.29) is 11.7 Å². The number of nitrogens with zero attached hydrogens (tertiary/aromatic N) is 2. The Morgan fingerprint density at radius 1 is 1.41 bits per heavy atom. The van der Waals surface area contributed by atoms with Crippen molar-refractivity contribution in [1.82, 2.24) is 4.98 Å². The number of hydrogen-bond acceptors (Lipinski definition) is 4. The third kappa shape index (κ3) is 3.59. The van der Waals surface area contributed by atoms with Crippen molar-refractivity contribution in [2.24, 2.45) is 5.92 Å². The van der Waals surface area contributed by atoms with Gasteiger partial charge >= 0.3 is 0 Å². The molecule has 0 spiro atoms. The molecular formula is C11H19N3O2S. The zero-order chi connectivity index (χ0) is 13.1. The van der Waals surface area contributed by atoms with Gasteiger partial charge in [0, 0.05) is 6.54 Å². The van der Waals surface area contributed by atoms with Gasteiger partial charge < -0.3 is 5.73 Å². The topological polar surface area (TPSA) is 76.3 Å². The maximum Gasteiger partial charge on any atom is 0.236 e. The molecule has 1 aromatic heterocycles. The van der Waals surface area contributed by atoms with Crippen LogP contribution in [0, 0.1) is 5.92 Å². The van der Waals surface area contributed by atoms with Gasteiger partial charge in [0.15, 0.2) is 0 Å². The summed E-state index contributed by atoms with van der Waals surface area (Å²) in [6, 6.07) is 3.27. The Labute approximate surface area is 103 Å². The summed E-state index contributed by atoms with van der Waals surface area (Å²) in [6.07, 6.45) is 1.46. The fourth-order valence-electron chi connectivity index (χ4n) is 1.56. The van der Waals surface area contributed by atoms with E-state index in [1.54, 1.807) is 19.1 Å². The first kappa shape index (κ1) is 13.8. The van der Waals surface area contributed by atoms with Crippen molar-refractivity contribution in [3.05, 3.63) is 18.3 Å². The maximum absolute atomic E-state index is 12.1. The first-order chi connectivity index (χ1) is 7.86. The van der Waals surface area contributed by atoms with Crippen LogP contribution in [0.5, 0.6) is 0 Å². The van der Waals surface area contributed by atoms with Crippen molar-refractivity contribution >= 4 is 21.5 Å². The summed E-state index contributed by atoms with van der Waals surface area (Å²) in [4.78, 5) is 4.04. The monoisotopic (exact) mass is 257 g/mol. The van der Waals surface area contributed by atoms with Crippen molar-refractivity contribution in [3.8, 4) is 0 Å². The van der Waals surface area contributed by atoms with Gasteiger partial charge in [-0.1, -0.05) is 13.8 Å². The molecule has 0 atom stereocenters. The Morgan fingerprint density at radius 2 is 2.06 bits per heavy atom. The van der Waals surface area contributed by atoms with Crippen LogP contribution in [0.15, 0.2) is 18.3 Å². The average molecular weight is 257 g/mol. The van der Waals surface area contributed by atoms with Gasteiger partial charge in [-0.05, 0) is 25.0 Å². The van der Waals surface area contributed by atoms with Crippen LogP contribution < -0.4 is 10.0 Å². The molecule has 0 radical (unpaired) electrons. The van der Waals surface area contributed by atoms with E-state index in [0.717, 1.165) is 0 Å². The number of rotatable bonds is 5. The van der Waals surface area contributed by atoms with Gasteiger partial charge in [-0.25, -0.2) is 13.4 Å². The molecular weight excluding hydrogens is 238 g/mol. The van der Waals surface area contributed by atoms with Gasteiger partial charge in [-0.15, -0.1) is 0 Å². The highest BCUT2D eigenvalue weighted by Gasteiger charge is 2.22. The second-order valence-corrected chi connectivity index (χ2v) is 6.22. The molecule has 96 valence electrons. The van der Waals surface area contributed by atoms with Crippen LogP contribution in [0.1, 0.15) is 20.8 Å². The summed E-state index contributed by atoms with van der Waals surface area (Å²) in [5.74, 6) is 0.623. The van der Waals surface area contributed by atoms with Crippen molar-refractivity contribution in [2.75, 3.05) is 22.3 Å². The zero-order valence-electron chi connectivity index (χ0n) is 10.4. The summed E-state index contributed by atoms with van der Waals surface area (Å²) in [6.45, 7) is 5.91. The van der Waals surface area contributed by atoms with E-state index in [4.69, 9.17) is 5.73 Å². The molecule has 0 saturated heterocycles. The molecule has 0 aromatic carbocycles. The van der Waals surface area contributed by atoms with Gasteiger partial charge in [-0.2, -0.15) is 0 Å². The van der Waals surface area contributed by atoms with Crippen LogP contribution in [0.4, 0.5) is 11.5 Å². The van der Waals surface area contributed by atoms with Crippen LogP contribution in [-0.2, 0) is 10.0 Å². The summed E-state index contributed by atoms with van der Waals surface area (Å²) in [5.41, 5.74) is 6.05. The maximum atomic E-state index is 12.1. The van der Waals surface area contributed by atoms with E-state index in [1.807, 2.05) is 13.8 Å². The number of nitrogens with two attached hydrogens (primary N) is 1. The molecule has 0 amide bonds. The molecule has 0 unspecified atom stereocenters. The minimum Gasteiger partial charge on any atom is -0.397 e. The number of nitrogen functional groups attached to an aromatic ring is 1. The number of sulfonamides is 1. The first-order valence-electron chi connectivity index (χ1n) is 5.58.